The van der Waals surface area contributed by atoms with E-state index in [0.29, 0.717) is 10.2 Å². The number of aromatic amines is 1. The zero-order valence-corrected chi connectivity index (χ0v) is 18.1. The van der Waals surface area contributed by atoms with E-state index in [1.165, 1.54) is 34.3 Å². The molecule has 1 aliphatic heterocycles. The highest BCUT2D eigenvalue weighted by Gasteiger charge is 2.31. The van der Waals surface area contributed by atoms with Crippen LogP contribution in [0.1, 0.15) is 0 Å². The lowest BCUT2D eigenvalue weighted by Crippen LogP contribution is -2.51. The molecule has 4 rings (SSSR count). The topological polar surface area (TPSA) is 86.4 Å². The summed E-state index contributed by atoms with van der Waals surface area (Å²) >= 11 is 7.24. The molecule has 0 saturated carbocycles. The lowest BCUT2D eigenvalue weighted by Gasteiger charge is -2.34. The first kappa shape index (κ1) is 21.1. The van der Waals surface area contributed by atoms with E-state index in [9.17, 15) is 17.6 Å². The van der Waals surface area contributed by atoms with Gasteiger partial charge in [0.25, 0.3) is 0 Å². The minimum atomic E-state index is -3.93. The molecule has 2 heterocycles. The maximum Gasteiger partial charge on any atom is 0.246 e. The molecule has 1 N–H and O–H groups in total. The van der Waals surface area contributed by atoms with Gasteiger partial charge in [0.15, 0.2) is 5.16 Å². The smallest absolute Gasteiger partial charge is 0.246 e. The SMILES string of the molecule is O=C(CSc1nc2ccc(Cl)cc2[nH]1)N1CCN(S(=O)(=O)c2ccccc2F)CC1. The predicted molar refractivity (Wildman–Crippen MR) is 114 cm³/mol. The minimum Gasteiger partial charge on any atom is -0.339 e. The Balaban J connectivity index is 1.34. The molecular formula is C19H18ClFN4O3S2. The minimum absolute atomic E-state index is 0.110. The first-order valence-electron chi connectivity index (χ1n) is 9.15. The average Bonchev–Trinajstić information content (AvgIpc) is 3.14. The number of nitrogens with zero attached hydrogens (tertiary/aromatic N) is 3. The summed E-state index contributed by atoms with van der Waals surface area (Å²) in [6.07, 6.45) is 0. The monoisotopic (exact) mass is 468 g/mol. The summed E-state index contributed by atoms with van der Waals surface area (Å²) in [6, 6.07) is 10.6. The molecule has 158 valence electrons. The summed E-state index contributed by atoms with van der Waals surface area (Å²) in [5.74, 6) is -0.714. The van der Waals surface area contributed by atoms with Crippen LogP contribution in [0, 0.1) is 5.82 Å². The Hall–Kier alpha value is -2.14. The number of H-pyrrole nitrogens is 1. The van der Waals surface area contributed by atoms with Crippen molar-refractivity contribution >= 4 is 50.3 Å². The molecular weight excluding hydrogens is 451 g/mol. The third kappa shape index (κ3) is 4.31. The molecule has 30 heavy (non-hydrogen) atoms. The van der Waals surface area contributed by atoms with Crippen LogP contribution < -0.4 is 0 Å². The zero-order valence-electron chi connectivity index (χ0n) is 15.7. The van der Waals surface area contributed by atoms with Crippen molar-refractivity contribution in [2.24, 2.45) is 0 Å². The number of carbonyl (C=O) groups is 1. The largest absolute Gasteiger partial charge is 0.339 e. The fraction of sp³-hybridized carbons (Fsp3) is 0.263. The number of imidazole rings is 1. The lowest BCUT2D eigenvalue weighted by molar-refractivity contribution is -0.129. The molecule has 0 bridgehead atoms. The molecule has 0 spiro atoms. The number of nitrogens with one attached hydrogen (secondary N) is 1. The van der Waals surface area contributed by atoms with Crippen LogP contribution in [0.3, 0.4) is 0 Å². The molecule has 1 amide bonds. The molecule has 1 aliphatic rings. The van der Waals surface area contributed by atoms with Crippen molar-refractivity contribution in [1.29, 1.82) is 0 Å². The van der Waals surface area contributed by atoms with Gasteiger partial charge >= 0.3 is 0 Å². The van der Waals surface area contributed by atoms with Crippen LogP contribution in [0.2, 0.25) is 5.02 Å². The summed E-state index contributed by atoms with van der Waals surface area (Å²) in [5.41, 5.74) is 1.56. The van der Waals surface area contributed by atoms with Crippen molar-refractivity contribution in [2.45, 2.75) is 10.1 Å². The van der Waals surface area contributed by atoms with Crippen molar-refractivity contribution in [1.82, 2.24) is 19.2 Å². The number of fused-ring (bicyclic) bond motifs is 1. The van der Waals surface area contributed by atoms with Crippen LogP contribution in [0.25, 0.3) is 11.0 Å². The third-order valence-corrected chi connectivity index (χ3v) is 7.83. The molecule has 0 radical (unpaired) electrons. The van der Waals surface area contributed by atoms with Gasteiger partial charge in [-0.1, -0.05) is 35.5 Å². The van der Waals surface area contributed by atoms with Crippen molar-refractivity contribution in [3.8, 4) is 0 Å². The van der Waals surface area contributed by atoms with E-state index >= 15 is 0 Å². The van der Waals surface area contributed by atoms with Gasteiger partial charge in [0.05, 0.1) is 16.8 Å². The Bertz CT molecular complexity index is 1190. The maximum atomic E-state index is 13.9. The highest BCUT2D eigenvalue weighted by atomic mass is 35.5. The van der Waals surface area contributed by atoms with E-state index < -0.39 is 15.8 Å². The molecule has 11 heteroatoms. The molecule has 0 atom stereocenters. The second kappa shape index (κ2) is 8.54. The van der Waals surface area contributed by atoms with Gasteiger partial charge in [0, 0.05) is 31.2 Å². The van der Waals surface area contributed by atoms with Crippen molar-refractivity contribution in [3.05, 3.63) is 53.3 Å². The summed E-state index contributed by atoms with van der Waals surface area (Å²) in [4.78, 5) is 21.3. The van der Waals surface area contributed by atoms with Crippen LogP contribution in [0.4, 0.5) is 4.39 Å². The van der Waals surface area contributed by atoms with Gasteiger partial charge in [-0.05, 0) is 30.3 Å². The van der Waals surface area contributed by atoms with Gasteiger partial charge in [0.2, 0.25) is 15.9 Å². The molecule has 3 aromatic rings. The molecule has 1 aromatic heterocycles. The predicted octanol–water partition coefficient (Wildman–Crippen LogP) is 2.98. The number of hydrogen-bond acceptors (Lipinski definition) is 5. The van der Waals surface area contributed by atoms with E-state index in [-0.39, 0.29) is 42.7 Å². The molecule has 1 fully saturated rings. The zero-order chi connectivity index (χ0) is 21.3. The summed E-state index contributed by atoms with van der Waals surface area (Å²) < 4.78 is 40.5. The van der Waals surface area contributed by atoms with Gasteiger partial charge in [-0.15, -0.1) is 0 Å². The Kier molecular flexibility index (Phi) is 6.01. The van der Waals surface area contributed by atoms with Crippen LogP contribution in [0.15, 0.2) is 52.5 Å². The number of piperazine rings is 1. The summed E-state index contributed by atoms with van der Waals surface area (Å²) in [5, 5.41) is 1.21. The lowest BCUT2D eigenvalue weighted by atomic mass is 10.3. The maximum absolute atomic E-state index is 13.9. The normalized spacial score (nSPS) is 15.6. The summed E-state index contributed by atoms with van der Waals surface area (Å²) in [6.45, 7) is 0.748. The molecule has 0 unspecified atom stereocenters. The van der Waals surface area contributed by atoms with E-state index in [1.807, 2.05) is 0 Å². The van der Waals surface area contributed by atoms with E-state index in [0.717, 1.165) is 17.1 Å². The van der Waals surface area contributed by atoms with Gasteiger partial charge < -0.3 is 9.88 Å². The van der Waals surface area contributed by atoms with Crippen LogP contribution in [-0.4, -0.2) is 65.4 Å². The number of rotatable bonds is 5. The Morgan fingerprint density at radius 3 is 2.63 bits per heavy atom. The fourth-order valence-electron chi connectivity index (χ4n) is 3.22. The van der Waals surface area contributed by atoms with E-state index in [1.54, 1.807) is 23.1 Å². The molecule has 7 nitrogen and oxygen atoms in total. The number of hydrogen-bond donors (Lipinski definition) is 1. The Labute approximate surface area is 182 Å². The van der Waals surface area contributed by atoms with Gasteiger partial charge in [-0.25, -0.2) is 17.8 Å². The van der Waals surface area contributed by atoms with Gasteiger partial charge in [-0.3, -0.25) is 4.79 Å². The van der Waals surface area contributed by atoms with Gasteiger partial charge in [0.1, 0.15) is 10.7 Å². The fourth-order valence-corrected chi connectivity index (χ4v) is 5.67. The highest BCUT2D eigenvalue weighted by molar-refractivity contribution is 7.99. The average molecular weight is 469 g/mol. The first-order chi connectivity index (χ1) is 14.3. The quantitative estimate of drug-likeness (QED) is 0.582. The number of benzene rings is 2. The van der Waals surface area contributed by atoms with Crippen molar-refractivity contribution < 1.29 is 17.6 Å². The van der Waals surface area contributed by atoms with Crippen LogP contribution in [0.5, 0.6) is 0 Å². The third-order valence-electron chi connectivity index (χ3n) is 4.80. The molecule has 0 aliphatic carbocycles. The first-order valence-corrected chi connectivity index (χ1v) is 12.0. The Morgan fingerprint density at radius 2 is 1.90 bits per heavy atom. The highest BCUT2D eigenvalue weighted by Crippen LogP contribution is 2.23. The number of amides is 1. The van der Waals surface area contributed by atoms with Crippen molar-refractivity contribution in [2.75, 3.05) is 31.9 Å². The van der Waals surface area contributed by atoms with Crippen LogP contribution in [-0.2, 0) is 14.8 Å². The summed E-state index contributed by atoms with van der Waals surface area (Å²) in [7, 11) is -3.93. The standard InChI is InChI=1S/C19H18ClFN4O3S2/c20-13-5-6-15-16(11-13)23-19(22-15)29-12-18(26)24-7-9-25(10-8-24)30(27,28)17-4-2-1-3-14(17)21/h1-6,11H,7-10,12H2,(H,22,23). The van der Waals surface area contributed by atoms with Crippen LogP contribution >= 0.6 is 23.4 Å². The number of sulfonamides is 1. The second-order valence-electron chi connectivity index (χ2n) is 6.71. The number of halogens is 2. The Morgan fingerprint density at radius 1 is 1.17 bits per heavy atom. The van der Waals surface area contributed by atoms with E-state index in [4.69, 9.17) is 11.6 Å². The number of thioether (sulfide) groups is 1. The van der Waals surface area contributed by atoms with Gasteiger partial charge in [-0.2, -0.15) is 4.31 Å². The number of carbonyl (C=O) groups excluding carboxylic acids is 1. The van der Waals surface area contributed by atoms with Crippen molar-refractivity contribution in [3.63, 3.8) is 0 Å². The van der Waals surface area contributed by atoms with E-state index in [2.05, 4.69) is 9.97 Å². The molecule has 2 aromatic carbocycles. The number of aromatic nitrogens is 2. The second-order valence-corrected chi connectivity index (χ2v) is 10.0. The molecule has 1 saturated heterocycles.